The number of hydrogen-bond donors (Lipinski definition) is 0. The van der Waals surface area contributed by atoms with Gasteiger partial charge in [-0.2, -0.15) is 0 Å². The van der Waals surface area contributed by atoms with Crippen LogP contribution in [0.1, 0.15) is 44.0 Å². The molecule has 0 aliphatic carbocycles. The molecule has 1 aliphatic heterocycles. The van der Waals surface area contributed by atoms with Crippen LogP contribution in [0, 0.1) is 5.92 Å². The Morgan fingerprint density at radius 3 is 2.50 bits per heavy atom. The van der Waals surface area contributed by atoms with Gasteiger partial charge in [-0.1, -0.05) is 18.5 Å². The summed E-state index contributed by atoms with van der Waals surface area (Å²) in [6.45, 7) is 7.65. The molecule has 1 aromatic carbocycles. The molecule has 0 spiro atoms. The molecule has 4 nitrogen and oxygen atoms in total. The first kappa shape index (κ1) is 16.9. The van der Waals surface area contributed by atoms with E-state index >= 15 is 0 Å². The summed E-state index contributed by atoms with van der Waals surface area (Å²) in [5.74, 6) is 1.67. The first-order valence-corrected chi connectivity index (χ1v) is 8.13. The molecule has 5 heteroatoms. The van der Waals surface area contributed by atoms with Gasteiger partial charge in [0.15, 0.2) is 11.5 Å². The quantitative estimate of drug-likeness (QED) is 0.839. The van der Waals surface area contributed by atoms with Gasteiger partial charge in [0.1, 0.15) is 0 Å². The molecule has 0 bridgehead atoms. The van der Waals surface area contributed by atoms with Crippen molar-refractivity contribution in [3.05, 3.63) is 22.7 Å². The van der Waals surface area contributed by atoms with E-state index in [1.165, 1.54) is 0 Å². The average molecular weight is 326 g/mol. The molecule has 0 N–H and O–H groups in total. The highest BCUT2D eigenvalue weighted by atomic mass is 35.5. The largest absolute Gasteiger partial charge is 0.493 e. The van der Waals surface area contributed by atoms with E-state index in [2.05, 4.69) is 6.92 Å². The number of carbonyl (C=O) groups is 1. The lowest BCUT2D eigenvalue weighted by Gasteiger charge is -2.30. The maximum Gasteiger partial charge on any atom is 0.254 e. The number of rotatable bonds is 4. The lowest BCUT2D eigenvalue weighted by atomic mass is 9.98. The maximum atomic E-state index is 12.6. The lowest BCUT2D eigenvalue weighted by molar-refractivity contribution is 0.0697. The summed E-state index contributed by atoms with van der Waals surface area (Å²) in [7, 11) is 1.55. The van der Waals surface area contributed by atoms with Crippen LogP contribution >= 0.6 is 11.6 Å². The molecule has 1 fully saturated rings. The van der Waals surface area contributed by atoms with Crippen LogP contribution in [0.15, 0.2) is 12.1 Å². The SMILES string of the molecule is COc1cc(C(=O)N2CCC(C)CC2)cc(Cl)c1OC(C)C. The second-order valence-electron chi connectivity index (χ2n) is 6.13. The number of piperidine rings is 1. The Bertz CT molecular complexity index is 537. The zero-order valence-electron chi connectivity index (χ0n) is 13.7. The molecule has 0 unspecified atom stereocenters. The van der Waals surface area contributed by atoms with Crippen molar-refractivity contribution in [2.24, 2.45) is 5.92 Å². The molecular formula is C17H24ClNO3. The van der Waals surface area contributed by atoms with Gasteiger partial charge in [0.2, 0.25) is 0 Å². The van der Waals surface area contributed by atoms with E-state index in [-0.39, 0.29) is 12.0 Å². The lowest BCUT2D eigenvalue weighted by Crippen LogP contribution is -2.37. The van der Waals surface area contributed by atoms with Gasteiger partial charge in [-0.15, -0.1) is 0 Å². The fourth-order valence-electron chi connectivity index (χ4n) is 2.59. The van der Waals surface area contributed by atoms with Crippen molar-refractivity contribution >= 4 is 17.5 Å². The highest BCUT2D eigenvalue weighted by Crippen LogP contribution is 2.37. The van der Waals surface area contributed by atoms with Gasteiger partial charge in [0.25, 0.3) is 5.91 Å². The van der Waals surface area contributed by atoms with E-state index < -0.39 is 0 Å². The number of likely N-dealkylation sites (tertiary alicyclic amines) is 1. The second-order valence-corrected chi connectivity index (χ2v) is 6.54. The average Bonchev–Trinajstić information content (AvgIpc) is 2.48. The summed E-state index contributed by atoms with van der Waals surface area (Å²) in [4.78, 5) is 14.5. The third-order valence-electron chi connectivity index (χ3n) is 3.90. The van der Waals surface area contributed by atoms with Gasteiger partial charge in [-0.25, -0.2) is 0 Å². The molecule has 122 valence electrons. The molecule has 2 rings (SSSR count). The molecule has 0 saturated carbocycles. The van der Waals surface area contributed by atoms with Crippen LogP contribution in [-0.4, -0.2) is 37.1 Å². The maximum absolute atomic E-state index is 12.6. The molecule has 0 radical (unpaired) electrons. The van der Waals surface area contributed by atoms with Crippen LogP contribution in [0.2, 0.25) is 5.02 Å². The zero-order valence-corrected chi connectivity index (χ0v) is 14.4. The van der Waals surface area contributed by atoms with Crippen molar-refractivity contribution < 1.29 is 14.3 Å². The van der Waals surface area contributed by atoms with Crippen molar-refractivity contribution in [1.82, 2.24) is 4.90 Å². The van der Waals surface area contributed by atoms with Crippen LogP contribution in [0.5, 0.6) is 11.5 Å². The van der Waals surface area contributed by atoms with Crippen LogP contribution in [0.4, 0.5) is 0 Å². The third-order valence-corrected chi connectivity index (χ3v) is 4.18. The van der Waals surface area contributed by atoms with Crippen LogP contribution in [0.25, 0.3) is 0 Å². The minimum absolute atomic E-state index is 0.00296. The molecule has 1 heterocycles. The Kier molecular flexibility index (Phi) is 5.57. The van der Waals surface area contributed by atoms with E-state index in [1.54, 1.807) is 19.2 Å². The molecule has 1 aromatic rings. The summed E-state index contributed by atoms with van der Waals surface area (Å²) in [6, 6.07) is 3.38. The third kappa shape index (κ3) is 3.86. The molecule has 1 saturated heterocycles. The van der Waals surface area contributed by atoms with E-state index in [1.807, 2.05) is 18.7 Å². The van der Waals surface area contributed by atoms with Crippen molar-refractivity contribution in [3.63, 3.8) is 0 Å². The number of hydrogen-bond acceptors (Lipinski definition) is 3. The summed E-state index contributed by atoms with van der Waals surface area (Å²) in [5.41, 5.74) is 0.549. The highest BCUT2D eigenvalue weighted by Gasteiger charge is 2.24. The Balaban J connectivity index is 2.24. The number of methoxy groups -OCH3 is 1. The van der Waals surface area contributed by atoms with Gasteiger partial charge >= 0.3 is 0 Å². The van der Waals surface area contributed by atoms with Crippen molar-refractivity contribution in [1.29, 1.82) is 0 Å². The van der Waals surface area contributed by atoms with Crippen molar-refractivity contribution in [3.8, 4) is 11.5 Å². The number of ether oxygens (including phenoxy) is 2. The van der Waals surface area contributed by atoms with Crippen LogP contribution in [-0.2, 0) is 0 Å². The summed E-state index contributed by atoms with van der Waals surface area (Å²) in [6.07, 6.45) is 2.08. The van der Waals surface area contributed by atoms with E-state index in [4.69, 9.17) is 21.1 Å². The highest BCUT2D eigenvalue weighted by molar-refractivity contribution is 6.32. The van der Waals surface area contributed by atoms with E-state index in [0.29, 0.717) is 28.0 Å². The minimum atomic E-state index is -0.0171. The van der Waals surface area contributed by atoms with Crippen LogP contribution in [0.3, 0.4) is 0 Å². The smallest absolute Gasteiger partial charge is 0.254 e. The normalized spacial score (nSPS) is 16.0. The Hall–Kier alpha value is -1.42. The molecule has 1 aliphatic rings. The fraction of sp³-hybridized carbons (Fsp3) is 0.588. The molecule has 0 atom stereocenters. The minimum Gasteiger partial charge on any atom is -0.493 e. The van der Waals surface area contributed by atoms with Gasteiger partial charge in [0.05, 0.1) is 18.2 Å². The monoisotopic (exact) mass is 325 g/mol. The van der Waals surface area contributed by atoms with Gasteiger partial charge < -0.3 is 14.4 Å². The Labute approximate surface area is 137 Å². The van der Waals surface area contributed by atoms with Crippen LogP contribution < -0.4 is 9.47 Å². The molecular weight excluding hydrogens is 302 g/mol. The van der Waals surface area contributed by atoms with Crippen molar-refractivity contribution in [2.75, 3.05) is 20.2 Å². The topological polar surface area (TPSA) is 38.8 Å². The summed E-state index contributed by atoms with van der Waals surface area (Å²) in [5, 5.41) is 0.404. The number of amides is 1. The predicted octanol–water partition coefficient (Wildman–Crippen LogP) is 4.01. The van der Waals surface area contributed by atoms with Crippen molar-refractivity contribution in [2.45, 2.75) is 39.7 Å². The molecule has 0 aromatic heterocycles. The number of carbonyl (C=O) groups excluding carboxylic acids is 1. The van der Waals surface area contributed by atoms with E-state index in [0.717, 1.165) is 25.9 Å². The first-order valence-electron chi connectivity index (χ1n) is 7.75. The van der Waals surface area contributed by atoms with E-state index in [9.17, 15) is 4.79 Å². The second kappa shape index (κ2) is 7.23. The number of nitrogens with zero attached hydrogens (tertiary/aromatic N) is 1. The summed E-state index contributed by atoms with van der Waals surface area (Å²) < 4.78 is 11.0. The Morgan fingerprint density at radius 1 is 1.32 bits per heavy atom. The fourth-order valence-corrected chi connectivity index (χ4v) is 2.84. The summed E-state index contributed by atoms with van der Waals surface area (Å²) >= 11 is 6.29. The van der Waals surface area contributed by atoms with Gasteiger partial charge in [0, 0.05) is 18.7 Å². The predicted molar refractivity (Wildman–Crippen MR) is 88.1 cm³/mol. The first-order chi connectivity index (χ1) is 10.4. The number of halogens is 1. The molecule has 1 amide bonds. The molecule has 22 heavy (non-hydrogen) atoms. The standard InChI is InChI=1S/C17H24ClNO3/c1-11(2)22-16-14(18)9-13(10-15(16)21-4)17(20)19-7-5-12(3)6-8-19/h9-12H,5-8H2,1-4H3. The number of benzene rings is 1. The zero-order chi connectivity index (χ0) is 16.3. The Morgan fingerprint density at radius 2 is 1.95 bits per heavy atom. The van der Waals surface area contributed by atoms with Gasteiger partial charge in [-0.3, -0.25) is 4.79 Å². The van der Waals surface area contributed by atoms with Gasteiger partial charge in [-0.05, 0) is 44.7 Å².